The average Bonchev–Trinajstić information content (AvgIpc) is 2.90. The maximum Gasteiger partial charge on any atom is 0.320 e. The lowest BCUT2D eigenvalue weighted by Gasteiger charge is -2.25. The second-order valence-corrected chi connectivity index (χ2v) is 6.91. The number of nitrogens with zero attached hydrogens (tertiary/aromatic N) is 3. The van der Waals surface area contributed by atoms with E-state index >= 15 is 0 Å². The molecule has 7 nitrogen and oxygen atoms in total. The number of rotatable bonds is 7. The average molecular weight is 348 g/mol. The summed E-state index contributed by atoms with van der Waals surface area (Å²) in [5, 5.41) is 0. The third-order valence-corrected chi connectivity index (χ3v) is 4.83. The van der Waals surface area contributed by atoms with Gasteiger partial charge in [0.25, 0.3) is 0 Å². The van der Waals surface area contributed by atoms with Crippen molar-refractivity contribution in [3.05, 3.63) is 5.56 Å². The molecule has 1 aromatic rings. The van der Waals surface area contributed by atoms with E-state index in [0.29, 0.717) is 23.7 Å². The molecule has 0 radical (unpaired) electrons. The molecule has 138 valence electrons. The van der Waals surface area contributed by atoms with Crippen molar-refractivity contribution in [3.8, 4) is 6.01 Å². The van der Waals surface area contributed by atoms with Gasteiger partial charge in [-0.1, -0.05) is 13.3 Å². The Morgan fingerprint density at radius 3 is 2.96 bits per heavy atom. The molecule has 2 aliphatic rings. The summed E-state index contributed by atoms with van der Waals surface area (Å²) in [6.07, 6.45) is 6.64. The summed E-state index contributed by atoms with van der Waals surface area (Å²) in [6.45, 7) is 5.50. The summed E-state index contributed by atoms with van der Waals surface area (Å²) in [7, 11) is 0. The number of nitrogen functional groups attached to an aromatic ring is 1. The Bertz CT molecular complexity index is 617. The number of aromatic nitrogens is 2. The molecule has 3 heterocycles. The smallest absolute Gasteiger partial charge is 0.320 e. The van der Waals surface area contributed by atoms with E-state index in [4.69, 9.17) is 15.2 Å². The molecule has 0 bridgehead atoms. The van der Waals surface area contributed by atoms with Gasteiger partial charge < -0.3 is 15.2 Å². The summed E-state index contributed by atoms with van der Waals surface area (Å²) in [6, 6.07) is 0.255. The summed E-state index contributed by atoms with van der Waals surface area (Å²) in [5.74, 6) is 0.964. The molecule has 2 N–H and O–H groups in total. The minimum Gasteiger partial charge on any atom is -0.460 e. The zero-order valence-corrected chi connectivity index (χ0v) is 15.2. The fraction of sp³-hybridized carbons (Fsp3) is 0.722. The lowest BCUT2D eigenvalue weighted by atomic mass is 10.1. The molecule has 3 rings (SSSR count). The van der Waals surface area contributed by atoms with Crippen LogP contribution in [0.1, 0.15) is 57.9 Å². The second-order valence-electron chi connectivity index (χ2n) is 6.91. The molecule has 2 atom stereocenters. The third-order valence-electron chi connectivity index (χ3n) is 4.83. The van der Waals surface area contributed by atoms with Crippen molar-refractivity contribution in [1.29, 1.82) is 0 Å². The number of fused-ring (bicyclic) bond motifs is 1. The minimum atomic E-state index is 0.0173. The van der Waals surface area contributed by atoms with Crippen LogP contribution in [-0.4, -0.2) is 41.2 Å². The van der Waals surface area contributed by atoms with Gasteiger partial charge in [-0.2, -0.15) is 9.97 Å². The van der Waals surface area contributed by atoms with E-state index in [1.54, 1.807) is 4.90 Å². The number of anilines is 2. The summed E-state index contributed by atoms with van der Waals surface area (Å²) >= 11 is 0. The van der Waals surface area contributed by atoms with Crippen molar-refractivity contribution in [1.82, 2.24) is 9.97 Å². The van der Waals surface area contributed by atoms with Crippen molar-refractivity contribution in [2.45, 2.75) is 71.0 Å². The Hall–Kier alpha value is -1.89. The van der Waals surface area contributed by atoms with Crippen LogP contribution in [0.15, 0.2) is 0 Å². The molecule has 0 aliphatic carbocycles. The van der Waals surface area contributed by atoms with Crippen LogP contribution in [0.5, 0.6) is 6.01 Å². The number of hydrogen-bond donors (Lipinski definition) is 1. The van der Waals surface area contributed by atoms with Crippen LogP contribution in [-0.2, 0) is 16.0 Å². The number of hydrogen-bond acceptors (Lipinski definition) is 6. The number of carbonyl (C=O) groups is 1. The quantitative estimate of drug-likeness (QED) is 0.814. The third kappa shape index (κ3) is 4.21. The van der Waals surface area contributed by atoms with Crippen LogP contribution < -0.4 is 15.4 Å². The monoisotopic (exact) mass is 348 g/mol. The molecule has 1 amide bonds. The van der Waals surface area contributed by atoms with E-state index in [1.165, 1.54) is 6.42 Å². The van der Waals surface area contributed by atoms with Gasteiger partial charge in [-0.15, -0.1) is 0 Å². The molecule has 2 aliphatic heterocycles. The zero-order chi connectivity index (χ0) is 17.8. The normalized spacial score (nSPS) is 21.3. The molecule has 1 unspecified atom stereocenters. The van der Waals surface area contributed by atoms with Gasteiger partial charge in [0.1, 0.15) is 11.6 Å². The summed E-state index contributed by atoms with van der Waals surface area (Å²) in [5.41, 5.74) is 6.76. The highest BCUT2D eigenvalue weighted by Crippen LogP contribution is 2.33. The van der Waals surface area contributed by atoms with Gasteiger partial charge >= 0.3 is 6.01 Å². The molecule has 7 heteroatoms. The fourth-order valence-electron chi connectivity index (χ4n) is 3.46. The first-order valence-electron chi connectivity index (χ1n) is 9.33. The lowest BCUT2D eigenvalue weighted by Crippen LogP contribution is -2.32. The molecular formula is C18H28N4O3. The summed E-state index contributed by atoms with van der Waals surface area (Å²) < 4.78 is 11.5. The van der Waals surface area contributed by atoms with Gasteiger partial charge in [-0.25, -0.2) is 0 Å². The van der Waals surface area contributed by atoms with Crippen LogP contribution in [0.25, 0.3) is 0 Å². The SMILES string of the molecule is CCC[C@H](C)Oc1nc(N)c2c(n1)N(CCC1CCCCO1)C(=O)C2. The van der Waals surface area contributed by atoms with Crippen molar-refractivity contribution in [2.75, 3.05) is 23.8 Å². The molecule has 0 saturated carbocycles. The molecule has 1 saturated heterocycles. The Kier molecular flexibility index (Phi) is 5.73. The van der Waals surface area contributed by atoms with E-state index in [9.17, 15) is 4.79 Å². The van der Waals surface area contributed by atoms with Crippen molar-refractivity contribution in [3.63, 3.8) is 0 Å². The van der Waals surface area contributed by atoms with Gasteiger partial charge in [0.05, 0.1) is 18.6 Å². The van der Waals surface area contributed by atoms with Gasteiger partial charge in [0.15, 0.2) is 0 Å². The van der Waals surface area contributed by atoms with Gasteiger partial charge in [0, 0.05) is 18.7 Å². The van der Waals surface area contributed by atoms with Gasteiger partial charge in [0.2, 0.25) is 5.91 Å². The maximum atomic E-state index is 12.4. The second kappa shape index (κ2) is 7.99. The summed E-state index contributed by atoms with van der Waals surface area (Å²) in [4.78, 5) is 22.8. The fourth-order valence-corrected chi connectivity index (χ4v) is 3.46. The topological polar surface area (TPSA) is 90.6 Å². The predicted octanol–water partition coefficient (Wildman–Crippen LogP) is 2.47. The Morgan fingerprint density at radius 1 is 1.40 bits per heavy atom. The highest BCUT2D eigenvalue weighted by atomic mass is 16.5. The predicted molar refractivity (Wildman–Crippen MR) is 95.7 cm³/mol. The Labute approximate surface area is 148 Å². The number of ether oxygens (including phenoxy) is 2. The minimum absolute atomic E-state index is 0.0173. The number of carbonyl (C=O) groups excluding carboxylic acids is 1. The van der Waals surface area contributed by atoms with Gasteiger partial charge in [-0.3, -0.25) is 9.69 Å². The first kappa shape index (κ1) is 17.9. The van der Waals surface area contributed by atoms with Crippen LogP contribution in [0, 0.1) is 0 Å². The molecule has 0 aromatic carbocycles. The van der Waals surface area contributed by atoms with Crippen molar-refractivity contribution in [2.24, 2.45) is 0 Å². The molecule has 0 spiro atoms. The Balaban J connectivity index is 1.72. The van der Waals surface area contributed by atoms with Crippen molar-refractivity contribution < 1.29 is 14.3 Å². The largest absolute Gasteiger partial charge is 0.460 e. The number of nitrogens with two attached hydrogens (primary N) is 1. The highest BCUT2D eigenvalue weighted by Gasteiger charge is 2.32. The molecule has 1 fully saturated rings. The molecule has 1 aromatic heterocycles. The first-order valence-corrected chi connectivity index (χ1v) is 9.33. The van der Waals surface area contributed by atoms with Crippen LogP contribution in [0.3, 0.4) is 0 Å². The molecule has 25 heavy (non-hydrogen) atoms. The van der Waals surface area contributed by atoms with E-state index in [1.807, 2.05) is 6.92 Å². The Morgan fingerprint density at radius 2 is 2.24 bits per heavy atom. The number of amides is 1. The van der Waals surface area contributed by atoms with Crippen LogP contribution in [0.2, 0.25) is 0 Å². The highest BCUT2D eigenvalue weighted by molar-refractivity contribution is 6.01. The zero-order valence-electron chi connectivity index (χ0n) is 15.2. The van der Waals surface area contributed by atoms with E-state index in [0.717, 1.165) is 38.7 Å². The maximum absolute atomic E-state index is 12.4. The lowest BCUT2D eigenvalue weighted by molar-refractivity contribution is -0.117. The van der Waals surface area contributed by atoms with Gasteiger partial charge in [-0.05, 0) is 39.0 Å². The van der Waals surface area contributed by atoms with Crippen LogP contribution in [0.4, 0.5) is 11.6 Å². The first-order chi connectivity index (χ1) is 12.1. The van der Waals surface area contributed by atoms with E-state index < -0.39 is 0 Å². The van der Waals surface area contributed by atoms with E-state index in [2.05, 4.69) is 16.9 Å². The van der Waals surface area contributed by atoms with Crippen LogP contribution >= 0.6 is 0 Å². The van der Waals surface area contributed by atoms with Crippen molar-refractivity contribution >= 4 is 17.5 Å². The van der Waals surface area contributed by atoms with E-state index in [-0.39, 0.29) is 30.5 Å². The molecular weight excluding hydrogens is 320 g/mol. The standard InChI is InChI=1S/C18H28N4O3/c1-3-6-12(2)25-18-20-16(19)14-11-15(23)22(17(14)21-18)9-8-13-7-4-5-10-24-13/h12-13H,3-11H2,1-2H3,(H2,19,20,21)/t12-,13?/m0/s1.